The quantitative estimate of drug-likeness (QED) is 0.211. The molecule has 0 saturated carbocycles. The zero-order valence-corrected chi connectivity index (χ0v) is 35.1. The van der Waals surface area contributed by atoms with Gasteiger partial charge in [0.2, 0.25) is 11.9 Å². The number of benzene rings is 2. The van der Waals surface area contributed by atoms with Crippen molar-refractivity contribution < 1.29 is 13.5 Å². The second-order valence-corrected chi connectivity index (χ2v) is 18.8. The van der Waals surface area contributed by atoms with Gasteiger partial charge in [0, 0.05) is 98.1 Å². The molecule has 0 amide bonds. The highest BCUT2D eigenvalue weighted by Crippen LogP contribution is 2.34. The minimum Gasteiger partial charge on any atom is -0.394 e. The number of fused-ring (bicyclic) bond motifs is 2. The largest absolute Gasteiger partial charge is 0.394 e. The van der Waals surface area contributed by atoms with E-state index in [9.17, 15) is 13.5 Å². The minimum atomic E-state index is -1.11. The van der Waals surface area contributed by atoms with Gasteiger partial charge in [-0.05, 0) is 61.4 Å². The molecular formula is C38H46Cl3N9O3S2. The standard InChI is InChI=1S/C22H30ClN5O2S.C16H16Cl2N4OS/c1-15(2)22(3,14-29)26-20-19-18(8-13-31(19)30)24-21(25-20)28-11-9-27(10-12-28)17-6-4-16(23)5-7-17;17-11-1-3-12(4-2-11)21-6-8-22(9-7-21)16-19-13-5-10-24(23)14(13)15(18)20-16/h4-7,15,29H,8-14H2,1-3H3,(H,24,25,26);1-4H,5-10H2/t22-,31?;/m0./s1. The number of anilines is 5. The fourth-order valence-corrected chi connectivity index (χ4v) is 10.2. The number of hydrogen-bond acceptors (Lipinski definition) is 12. The Morgan fingerprint density at radius 2 is 1.09 bits per heavy atom. The van der Waals surface area contributed by atoms with Crippen LogP contribution in [0.4, 0.5) is 29.1 Å². The van der Waals surface area contributed by atoms with E-state index in [1.807, 2.05) is 55.5 Å². The van der Waals surface area contributed by atoms with Gasteiger partial charge in [-0.2, -0.15) is 9.97 Å². The molecule has 0 radical (unpaired) electrons. The second-order valence-electron chi connectivity index (χ2n) is 14.6. The number of nitrogens with zero attached hydrogens (tertiary/aromatic N) is 8. The molecule has 2 unspecified atom stereocenters. The Morgan fingerprint density at radius 1 is 0.673 bits per heavy atom. The van der Waals surface area contributed by atoms with Crippen LogP contribution < -0.4 is 24.9 Å². The van der Waals surface area contributed by atoms with Crippen molar-refractivity contribution in [1.82, 2.24) is 19.9 Å². The van der Waals surface area contributed by atoms with Crippen LogP contribution in [0.1, 0.15) is 32.2 Å². The SMILES string of the molecule is CC(C)[C@](C)(CO)Nc1nc(N2CCN(c3ccc(Cl)cc3)CC2)nc2c1S(=O)CC2.O=S1CCc2nc(N3CCN(c4ccc(Cl)cc4)CC3)nc(Cl)c21. The average molecular weight is 847 g/mol. The average Bonchev–Trinajstić information content (AvgIpc) is 3.77. The Balaban J connectivity index is 0.000000174. The summed E-state index contributed by atoms with van der Waals surface area (Å²) in [6, 6.07) is 15.8. The third-order valence-electron chi connectivity index (χ3n) is 10.8. The van der Waals surface area contributed by atoms with E-state index in [0.717, 1.165) is 79.5 Å². The first kappa shape index (κ1) is 39.9. The van der Waals surface area contributed by atoms with E-state index in [2.05, 4.69) is 48.7 Å². The molecule has 294 valence electrons. The van der Waals surface area contributed by atoms with Crippen LogP contribution in [0.2, 0.25) is 15.2 Å². The summed E-state index contributed by atoms with van der Waals surface area (Å²) in [6.45, 7) is 12.8. The third kappa shape index (κ3) is 8.84. The second kappa shape index (κ2) is 17.1. The number of nitrogens with one attached hydrogen (secondary N) is 1. The maximum atomic E-state index is 12.6. The summed E-state index contributed by atoms with van der Waals surface area (Å²) >= 11 is 18.2. The molecular weight excluding hydrogens is 801 g/mol. The Bertz CT molecular complexity index is 2050. The number of aliphatic hydroxyl groups is 1. The highest BCUT2D eigenvalue weighted by atomic mass is 35.5. The van der Waals surface area contributed by atoms with Gasteiger partial charge in [0.25, 0.3) is 0 Å². The van der Waals surface area contributed by atoms with Gasteiger partial charge in [0.1, 0.15) is 10.7 Å². The molecule has 2 aromatic carbocycles. The zero-order valence-electron chi connectivity index (χ0n) is 31.2. The maximum absolute atomic E-state index is 12.6. The lowest BCUT2D eigenvalue weighted by Gasteiger charge is -2.37. The van der Waals surface area contributed by atoms with Gasteiger partial charge in [-0.15, -0.1) is 0 Å². The lowest BCUT2D eigenvalue weighted by molar-refractivity contribution is 0.185. The first-order chi connectivity index (χ1) is 26.4. The Hall–Kier alpha value is -3.27. The fourth-order valence-electron chi connectivity index (χ4n) is 6.96. The van der Waals surface area contributed by atoms with Crippen molar-refractivity contribution in [2.45, 2.75) is 48.9 Å². The van der Waals surface area contributed by atoms with Gasteiger partial charge >= 0.3 is 0 Å². The normalized spacial score (nSPS) is 20.5. The van der Waals surface area contributed by atoms with Crippen molar-refractivity contribution in [3.05, 3.63) is 75.1 Å². The molecule has 0 bridgehead atoms. The molecule has 2 fully saturated rings. The summed E-state index contributed by atoms with van der Waals surface area (Å²) in [7, 11) is -2.16. The first-order valence-corrected chi connectivity index (χ1v) is 22.3. The number of halogens is 3. The predicted octanol–water partition coefficient (Wildman–Crippen LogP) is 5.71. The lowest BCUT2D eigenvalue weighted by Crippen LogP contribution is -2.47. The minimum absolute atomic E-state index is 0.0365. The molecule has 4 aliphatic heterocycles. The number of rotatable bonds is 8. The van der Waals surface area contributed by atoms with E-state index in [1.54, 1.807) is 0 Å². The summed E-state index contributed by atoms with van der Waals surface area (Å²) in [5, 5.41) is 15.2. The highest BCUT2D eigenvalue weighted by Gasteiger charge is 2.34. The summed E-state index contributed by atoms with van der Waals surface area (Å²) < 4.78 is 24.6. The van der Waals surface area contributed by atoms with Crippen LogP contribution in [0.25, 0.3) is 0 Å². The Kier molecular flexibility index (Phi) is 12.4. The molecule has 8 rings (SSSR count). The van der Waals surface area contributed by atoms with E-state index in [-0.39, 0.29) is 12.5 Å². The Labute approximate surface area is 342 Å². The van der Waals surface area contributed by atoms with E-state index < -0.39 is 27.1 Å². The Morgan fingerprint density at radius 3 is 1.55 bits per heavy atom. The summed E-state index contributed by atoms with van der Waals surface area (Å²) in [4.78, 5) is 28.9. The number of aryl methyl sites for hydroxylation is 2. The van der Waals surface area contributed by atoms with Gasteiger partial charge in [0.15, 0.2) is 5.15 Å². The lowest BCUT2D eigenvalue weighted by atomic mass is 9.89. The molecule has 2 saturated heterocycles. The van der Waals surface area contributed by atoms with E-state index in [1.165, 1.54) is 5.69 Å². The van der Waals surface area contributed by atoms with Crippen molar-refractivity contribution in [1.29, 1.82) is 0 Å². The molecule has 2 N–H and O–H groups in total. The van der Waals surface area contributed by atoms with Gasteiger partial charge < -0.3 is 30.0 Å². The van der Waals surface area contributed by atoms with Gasteiger partial charge in [-0.1, -0.05) is 48.7 Å². The zero-order chi connectivity index (χ0) is 38.9. The highest BCUT2D eigenvalue weighted by molar-refractivity contribution is 7.85. The number of piperazine rings is 2. The topological polar surface area (TPSA) is 131 Å². The maximum Gasteiger partial charge on any atom is 0.227 e. The van der Waals surface area contributed by atoms with E-state index in [4.69, 9.17) is 44.8 Å². The van der Waals surface area contributed by atoms with Crippen molar-refractivity contribution in [2.75, 3.05) is 95.4 Å². The summed E-state index contributed by atoms with van der Waals surface area (Å²) in [6.07, 6.45) is 1.40. The van der Waals surface area contributed by atoms with Crippen molar-refractivity contribution in [2.24, 2.45) is 5.92 Å². The van der Waals surface area contributed by atoms with Crippen LogP contribution in [0.5, 0.6) is 0 Å². The van der Waals surface area contributed by atoms with Crippen LogP contribution >= 0.6 is 34.8 Å². The molecule has 17 heteroatoms. The monoisotopic (exact) mass is 845 g/mol. The van der Waals surface area contributed by atoms with Gasteiger partial charge in [-0.25, -0.2) is 9.97 Å². The molecule has 12 nitrogen and oxygen atoms in total. The molecule has 6 heterocycles. The molecule has 0 aliphatic carbocycles. The smallest absolute Gasteiger partial charge is 0.227 e. The summed E-state index contributed by atoms with van der Waals surface area (Å²) in [5.74, 6) is 3.25. The first-order valence-electron chi connectivity index (χ1n) is 18.6. The third-order valence-corrected chi connectivity index (χ3v) is 14.6. The van der Waals surface area contributed by atoms with Crippen LogP contribution in [0.3, 0.4) is 0 Å². The molecule has 55 heavy (non-hydrogen) atoms. The van der Waals surface area contributed by atoms with Crippen molar-refractivity contribution in [3.8, 4) is 0 Å². The van der Waals surface area contributed by atoms with Crippen LogP contribution in [-0.4, -0.2) is 109 Å². The predicted molar refractivity (Wildman–Crippen MR) is 225 cm³/mol. The van der Waals surface area contributed by atoms with Gasteiger partial charge in [0.05, 0.1) is 50.0 Å². The summed E-state index contributed by atoms with van der Waals surface area (Å²) in [5.41, 5.74) is 3.47. The van der Waals surface area contributed by atoms with Crippen molar-refractivity contribution >= 4 is 85.5 Å². The number of aliphatic hydroxyl groups excluding tert-OH is 1. The van der Waals surface area contributed by atoms with Gasteiger partial charge in [-0.3, -0.25) is 8.42 Å². The molecule has 4 aromatic rings. The molecule has 3 atom stereocenters. The van der Waals surface area contributed by atoms with Crippen LogP contribution in [0.15, 0.2) is 58.3 Å². The number of aromatic nitrogens is 4. The molecule has 4 aliphatic rings. The van der Waals surface area contributed by atoms with E-state index >= 15 is 0 Å². The van der Waals surface area contributed by atoms with E-state index in [0.29, 0.717) is 57.0 Å². The van der Waals surface area contributed by atoms with Crippen LogP contribution in [-0.2, 0) is 34.4 Å². The molecule has 0 spiro atoms. The fraction of sp³-hybridized carbons (Fsp3) is 0.474. The van der Waals surface area contributed by atoms with Crippen LogP contribution in [0, 0.1) is 5.92 Å². The number of hydrogen-bond donors (Lipinski definition) is 2. The molecule has 2 aromatic heterocycles. The van der Waals surface area contributed by atoms with Crippen molar-refractivity contribution in [3.63, 3.8) is 0 Å².